The monoisotopic (exact) mass is 420 g/mol. The second-order valence-corrected chi connectivity index (χ2v) is 6.33. The molecule has 1 aliphatic heterocycles. The van der Waals surface area contributed by atoms with Gasteiger partial charge in [-0.25, -0.2) is 4.79 Å². The number of rotatable bonds is 8. The van der Waals surface area contributed by atoms with E-state index < -0.39 is 61.1 Å². The summed E-state index contributed by atoms with van der Waals surface area (Å²) in [5.41, 5.74) is -2.59. The van der Waals surface area contributed by atoms with Crippen LogP contribution in [0.2, 0.25) is 0 Å². The molecule has 1 aliphatic rings. The molecule has 3 N–H and O–H groups in total. The minimum Gasteiger partial charge on any atom is -0.433 e. The third-order valence-corrected chi connectivity index (χ3v) is 4.09. The van der Waals surface area contributed by atoms with Gasteiger partial charge in [0.2, 0.25) is 6.29 Å². The summed E-state index contributed by atoms with van der Waals surface area (Å²) in [5.74, 6) is -2.69. The van der Waals surface area contributed by atoms with Crippen LogP contribution in [0, 0.1) is 51.2 Å². The molecule has 1 heterocycles. The predicted octanol–water partition coefficient (Wildman–Crippen LogP) is -1.26. The molecule has 6 atom stereocenters. The molecule has 0 spiro atoms. The summed E-state index contributed by atoms with van der Waals surface area (Å²) in [6, 6.07) is 5.77. The van der Waals surface area contributed by atoms with Crippen molar-refractivity contribution in [3.63, 3.8) is 0 Å². The molecule has 0 aromatic rings. The number of hydrogen-bond acceptors (Lipinski definition) is 12. The van der Waals surface area contributed by atoms with Crippen molar-refractivity contribution in [3.05, 3.63) is 12.2 Å². The molecule has 12 heteroatoms. The smallest absolute Gasteiger partial charge is 0.335 e. The van der Waals surface area contributed by atoms with Gasteiger partial charge in [0.15, 0.2) is 12.2 Å². The van der Waals surface area contributed by atoms with Gasteiger partial charge in [0.1, 0.15) is 36.6 Å². The first-order chi connectivity index (χ1) is 14.1. The molecule has 0 saturated carbocycles. The van der Waals surface area contributed by atoms with E-state index in [4.69, 9.17) is 29.5 Å². The first-order valence-electron chi connectivity index (χ1n) is 8.54. The van der Waals surface area contributed by atoms with Crippen molar-refractivity contribution in [2.75, 3.05) is 6.61 Å². The predicted molar refractivity (Wildman–Crippen MR) is 92.8 cm³/mol. The van der Waals surface area contributed by atoms with Crippen LogP contribution in [-0.2, 0) is 23.7 Å². The maximum atomic E-state index is 11.6. The number of esters is 1. The highest BCUT2D eigenvalue weighted by Crippen LogP contribution is 2.31. The Morgan fingerprint density at radius 1 is 1.20 bits per heavy atom. The van der Waals surface area contributed by atoms with E-state index in [0.29, 0.717) is 0 Å². The first-order valence-corrected chi connectivity index (χ1v) is 8.54. The van der Waals surface area contributed by atoms with E-state index in [2.05, 4.69) is 6.58 Å². The van der Waals surface area contributed by atoms with Gasteiger partial charge in [-0.3, -0.25) is 0 Å². The molecule has 30 heavy (non-hydrogen) atoms. The van der Waals surface area contributed by atoms with E-state index in [-0.39, 0.29) is 5.57 Å². The van der Waals surface area contributed by atoms with Crippen LogP contribution in [0.25, 0.3) is 0 Å². The molecule has 0 bridgehead atoms. The topological polar surface area (TPSA) is 210 Å². The molecular formula is C18H20N4O8. The van der Waals surface area contributed by atoms with Gasteiger partial charge < -0.3 is 34.3 Å². The molecule has 0 radical (unpaired) electrons. The van der Waals surface area contributed by atoms with E-state index in [1.54, 1.807) is 0 Å². The fourth-order valence-electron chi connectivity index (χ4n) is 2.47. The van der Waals surface area contributed by atoms with Crippen LogP contribution in [0.5, 0.6) is 0 Å². The molecular weight excluding hydrogens is 400 g/mol. The fraction of sp³-hybridized carbons (Fsp3) is 0.611. The summed E-state index contributed by atoms with van der Waals surface area (Å²) in [7, 11) is 0. The molecule has 0 aliphatic carbocycles. The van der Waals surface area contributed by atoms with Crippen molar-refractivity contribution in [1.29, 1.82) is 21.0 Å². The van der Waals surface area contributed by atoms with Crippen LogP contribution in [0.4, 0.5) is 0 Å². The van der Waals surface area contributed by atoms with Crippen LogP contribution in [0.1, 0.15) is 13.8 Å². The maximum Gasteiger partial charge on any atom is 0.335 e. The number of hydrogen-bond donors (Lipinski definition) is 3. The van der Waals surface area contributed by atoms with Crippen LogP contribution in [-0.4, -0.2) is 70.5 Å². The second kappa shape index (κ2) is 10.6. The van der Waals surface area contributed by atoms with Crippen molar-refractivity contribution in [2.24, 2.45) is 5.92 Å². The fourth-order valence-corrected chi connectivity index (χ4v) is 2.47. The number of aliphatic hydroxyl groups is 3. The lowest BCUT2D eigenvalue weighted by Gasteiger charge is -2.43. The third kappa shape index (κ3) is 5.29. The number of carbonyl (C=O) groups is 1. The van der Waals surface area contributed by atoms with Crippen molar-refractivity contribution >= 4 is 5.97 Å². The van der Waals surface area contributed by atoms with Crippen LogP contribution < -0.4 is 0 Å². The maximum absolute atomic E-state index is 11.6. The van der Waals surface area contributed by atoms with Gasteiger partial charge in [0.05, 0.1) is 18.7 Å². The minimum absolute atomic E-state index is 0.0536. The number of aliphatic hydroxyl groups excluding tert-OH is 3. The Kier molecular flexibility index (Phi) is 8.85. The van der Waals surface area contributed by atoms with Crippen molar-refractivity contribution in [2.45, 2.75) is 56.4 Å². The SMILES string of the molecule is C=C(C)C(=O)OC(C)O[C@@H]1C(OC(C#N)(C#N)C(C#N)C#N)O[C@H](CO)[C@@H](O)[C@@H]1O. The minimum atomic E-state index is -2.64. The number of nitrogens with zero attached hydrogens (tertiary/aromatic N) is 4. The zero-order valence-electron chi connectivity index (χ0n) is 16.1. The molecule has 1 saturated heterocycles. The molecule has 0 aromatic heterocycles. The Balaban J connectivity index is 3.24. The standard InChI is InChI=1S/C18H20N4O8/c1-9(2)16(26)28-10(3)27-15-14(25)13(24)12(6-23)29-17(15)30-18(7-21,8-22)11(4-19)5-20/h10-15,17,23-25H,1,6H2,2-3H3/t10?,12-,13-,14+,15+,17?/m1/s1. The Hall–Kier alpha value is -3.07. The van der Waals surface area contributed by atoms with Crippen molar-refractivity contribution in [3.8, 4) is 24.3 Å². The van der Waals surface area contributed by atoms with Crippen LogP contribution >= 0.6 is 0 Å². The first kappa shape index (κ1) is 25.0. The molecule has 0 aromatic carbocycles. The number of carbonyl (C=O) groups excluding carboxylic acids is 1. The Morgan fingerprint density at radius 2 is 1.77 bits per heavy atom. The second-order valence-electron chi connectivity index (χ2n) is 6.33. The zero-order valence-corrected chi connectivity index (χ0v) is 16.1. The summed E-state index contributed by atoms with van der Waals surface area (Å²) in [6.07, 6.45) is -9.65. The Labute approximate surface area is 172 Å². The lowest BCUT2D eigenvalue weighted by Crippen LogP contribution is -2.62. The molecule has 0 amide bonds. The molecule has 1 fully saturated rings. The van der Waals surface area contributed by atoms with E-state index in [9.17, 15) is 30.6 Å². The summed E-state index contributed by atoms with van der Waals surface area (Å²) in [6.45, 7) is 5.27. The average Bonchev–Trinajstić information content (AvgIpc) is 2.72. The van der Waals surface area contributed by atoms with Crippen LogP contribution in [0.15, 0.2) is 12.2 Å². The molecule has 160 valence electrons. The van der Waals surface area contributed by atoms with E-state index in [0.717, 1.165) is 0 Å². The van der Waals surface area contributed by atoms with Gasteiger partial charge in [0, 0.05) is 5.57 Å². The van der Waals surface area contributed by atoms with Gasteiger partial charge in [-0.2, -0.15) is 21.0 Å². The summed E-state index contributed by atoms with van der Waals surface area (Å²) >= 11 is 0. The number of nitriles is 4. The quantitative estimate of drug-likeness (QED) is 0.239. The summed E-state index contributed by atoms with van der Waals surface area (Å²) < 4.78 is 20.9. The van der Waals surface area contributed by atoms with Crippen LogP contribution in [0.3, 0.4) is 0 Å². The lowest BCUT2D eigenvalue weighted by molar-refractivity contribution is -0.340. The summed E-state index contributed by atoms with van der Waals surface area (Å²) in [5, 5.41) is 66.8. The highest BCUT2D eigenvalue weighted by Gasteiger charge is 2.52. The molecule has 1 rings (SSSR count). The van der Waals surface area contributed by atoms with Crippen molar-refractivity contribution in [1.82, 2.24) is 0 Å². The van der Waals surface area contributed by atoms with Gasteiger partial charge >= 0.3 is 5.97 Å². The Bertz CT molecular complexity index is 792. The van der Waals surface area contributed by atoms with E-state index >= 15 is 0 Å². The van der Waals surface area contributed by atoms with Gasteiger partial charge in [-0.1, -0.05) is 6.58 Å². The van der Waals surface area contributed by atoms with Gasteiger partial charge in [-0.15, -0.1) is 0 Å². The van der Waals surface area contributed by atoms with Gasteiger partial charge in [-0.05, 0) is 13.8 Å². The average molecular weight is 420 g/mol. The third-order valence-electron chi connectivity index (χ3n) is 4.09. The highest BCUT2D eigenvalue weighted by molar-refractivity contribution is 5.86. The summed E-state index contributed by atoms with van der Waals surface area (Å²) in [4.78, 5) is 11.6. The largest absolute Gasteiger partial charge is 0.433 e. The number of ether oxygens (including phenoxy) is 4. The normalized spacial score (nSPS) is 27.1. The van der Waals surface area contributed by atoms with E-state index in [1.807, 2.05) is 0 Å². The highest BCUT2D eigenvalue weighted by atomic mass is 16.8. The molecule has 2 unspecified atom stereocenters. The zero-order chi connectivity index (χ0) is 23.1. The van der Waals surface area contributed by atoms with Crippen molar-refractivity contribution < 1.29 is 39.1 Å². The lowest BCUT2D eigenvalue weighted by atomic mass is 9.91. The molecule has 12 nitrogen and oxygen atoms in total. The van der Waals surface area contributed by atoms with Gasteiger partial charge in [0.25, 0.3) is 5.60 Å². The van der Waals surface area contributed by atoms with E-state index in [1.165, 1.54) is 38.1 Å². The Morgan fingerprint density at radius 3 is 2.20 bits per heavy atom.